The van der Waals surface area contributed by atoms with Crippen LogP contribution in [-0.2, 0) is 11.2 Å². The molecule has 2 rings (SSSR count). The van der Waals surface area contributed by atoms with Crippen LogP contribution in [0.5, 0.6) is 11.5 Å². The third-order valence-corrected chi connectivity index (χ3v) is 3.19. The lowest BCUT2D eigenvalue weighted by atomic mass is 10.1. The Kier molecular flexibility index (Phi) is 5.06. The predicted octanol–water partition coefficient (Wildman–Crippen LogP) is 3.54. The van der Waals surface area contributed by atoms with Crippen LogP contribution in [0.25, 0.3) is 0 Å². The summed E-state index contributed by atoms with van der Waals surface area (Å²) >= 11 is 5.88. The first kappa shape index (κ1) is 15.2. The quantitative estimate of drug-likeness (QED) is 0.919. The molecule has 1 N–H and O–H groups in total. The van der Waals surface area contributed by atoms with Gasteiger partial charge in [0.15, 0.2) is 0 Å². The number of rotatable bonds is 5. The average Bonchev–Trinajstić information content (AvgIpc) is 2.47. The molecule has 0 fully saturated rings. The van der Waals surface area contributed by atoms with Gasteiger partial charge in [-0.2, -0.15) is 0 Å². The standard InChI is InChI=1S/C16H16ClNO3/c1-20-14-7-6-11(15(10-14)21-2)8-16(19)18-13-5-3-4-12(17)9-13/h3-7,9-10H,8H2,1-2H3,(H,18,19). The number of nitrogens with one attached hydrogen (secondary N) is 1. The van der Waals surface area contributed by atoms with E-state index in [1.165, 1.54) is 0 Å². The minimum atomic E-state index is -0.138. The van der Waals surface area contributed by atoms with E-state index in [0.29, 0.717) is 22.2 Å². The molecule has 0 aromatic heterocycles. The number of carbonyl (C=O) groups excluding carboxylic acids is 1. The molecule has 0 atom stereocenters. The molecule has 5 heteroatoms. The molecule has 21 heavy (non-hydrogen) atoms. The van der Waals surface area contributed by atoms with E-state index < -0.39 is 0 Å². The summed E-state index contributed by atoms with van der Waals surface area (Å²) < 4.78 is 10.4. The average molecular weight is 306 g/mol. The normalized spacial score (nSPS) is 10.0. The fourth-order valence-electron chi connectivity index (χ4n) is 1.94. The molecule has 0 unspecified atom stereocenters. The van der Waals surface area contributed by atoms with Crippen molar-refractivity contribution in [2.75, 3.05) is 19.5 Å². The van der Waals surface area contributed by atoms with E-state index in [1.807, 2.05) is 6.07 Å². The molecule has 0 bridgehead atoms. The highest BCUT2D eigenvalue weighted by molar-refractivity contribution is 6.30. The Morgan fingerprint density at radius 1 is 1.14 bits per heavy atom. The summed E-state index contributed by atoms with van der Waals surface area (Å²) in [5, 5.41) is 3.38. The smallest absolute Gasteiger partial charge is 0.228 e. The first-order chi connectivity index (χ1) is 10.1. The minimum Gasteiger partial charge on any atom is -0.497 e. The van der Waals surface area contributed by atoms with Crippen molar-refractivity contribution < 1.29 is 14.3 Å². The molecule has 0 aliphatic carbocycles. The number of hydrogen-bond acceptors (Lipinski definition) is 3. The second kappa shape index (κ2) is 6.99. The number of amides is 1. The molecule has 0 radical (unpaired) electrons. The number of anilines is 1. The van der Waals surface area contributed by atoms with Gasteiger partial charge in [-0.15, -0.1) is 0 Å². The highest BCUT2D eigenvalue weighted by Crippen LogP contribution is 2.25. The van der Waals surface area contributed by atoms with Crippen LogP contribution >= 0.6 is 11.6 Å². The summed E-state index contributed by atoms with van der Waals surface area (Å²) in [7, 11) is 3.15. The highest BCUT2D eigenvalue weighted by atomic mass is 35.5. The molecule has 0 aliphatic rings. The van der Waals surface area contributed by atoms with E-state index >= 15 is 0 Å². The van der Waals surface area contributed by atoms with E-state index in [9.17, 15) is 4.79 Å². The Labute approximate surface area is 128 Å². The predicted molar refractivity (Wildman–Crippen MR) is 83.3 cm³/mol. The number of ether oxygens (including phenoxy) is 2. The maximum Gasteiger partial charge on any atom is 0.228 e. The van der Waals surface area contributed by atoms with Gasteiger partial charge in [0, 0.05) is 22.3 Å². The van der Waals surface area contributed by atoms with Gasteiger partial charge < -0.3 is 14.8 Å². The van der Waals surface area contributed by atoms with Crippen LogP contribution in [0.3, 0.4) is 0 Å². The van der Waals surface area contributed by atoms with Crippen LogP contribution in [0.1, 0.15) is 5.56 Å². The maximum atomic E-state index is 12.1. The third kappa shape index (κ3) is 4.13. The summed E-state index contributed by atoms with van der Waals surface area (Å²) in [6.45, 7) is 0. The topological polar surface area (TPSA) is 47.6 Å². The molecule has 2 aromatic rings. The monoisotopic (exact) mass is 305 g/mol. The van der Waals surface area contributed by atoms with Gasteiger partial charge in [-0.25, -0.2) is 0 Å². The van der Waals surface area contributed by atoms with Crippen LogP contribution in [-0.4, -0.2) is 20.1 Å². The van der Waals surface area contributed by atoms with Gasteiger partial charge in [-0.3, -0.25) is 4.79 Å². The molecule has 0 aliphatic heterocycles. The maximum absolute atomic E-state index is 12.1. The number of benzene rings is 2. The van der Waals surface area contributed by atoms with Crippen molar-refractivity contribution >= 4 is 23.2 Å². The van der Waals surface area contributed by atoms with Gasteiger partial charge in [-0.1, -0.05) is 23.7 Å². The molecule has 2 aromatic carbocycles. The third-order valence-electron chi connectivity index (χ3n) is 2.95. The Balaban J connectivity index is 2.09. The van der Waals surface area contributed by atoms with E-state index in [-0.39, 0.29) is 12.3 Å². The van der Waals surface area contributed by atoms with Crippen LogP contribution in [0.4, 0.5) is 5.69 Å². The number of hydrogen-bond donors (Lipinski definition) is 1. The van der Waals surface area contributed by atoms with Gasteiger partial charge in [0.2, 0.25) is 5.91 Å². The minimum absolute atomic E-state index is 0.138. The Bertz CT molecular complexity index is 643. The van der Waals surface area contributed by atoms with Crippen molar-refractivity contribution in [1.29, 1.82) is 0 Å². The fourth-order valence-corrected chi connectivity index (χ4v) is 2.13. The Morgan fingerprint density at radius 3 is 2.62 bits per heavy atom. The molecule has 0 heterocycles. The van der Waals surface area contributed by atoms with Crippen LogP contribution < -0.4 is 14.8 Å². The van der Waals surface area contributed by atoms with E-state index in [0.717, 1.165) is 5.56 Å². The molecule has 4 nitrogen and oxygen atoms in total. The van der Waals surface area contributed by atoms with Crippen LogP contribution in [0, 0.1) is 0 Å². The van der Waals surface area contributed by atoms with Crippen LogP contribution in [0.15, 0.2) is 42.5 Å². The summed E-state index contributed by atoms with van der Waals surface area (Å²) in [5.41, 5.74) is 1.46. The fraction of sp³-hybridized carbons (Fsp3) is 0.188. The van der Waals surface area contributed by atoms with E-state index in [2.05, 4.69) is 5.32 Å². The molecular formula is C16H16ClNO3. The SMILES string of the molecule is COc1ccc(CC(=O)Nc2cccc(Cl)c2)c(OC)c1. The molecule has 0 spiro atoms. The zero-order valence-electron chi connectivity index (χ0n) is 11.9. The van der Waals surface area contributed by atoms with Gasteiger partial charge >= 0.3 is 0 Å². The zero-order valence-corrected chi connectivity index (χ0v) is 12.6. The van der Waals surface area contributed by atoms with Gasteiger partial charge in [0.1, 0.15) is 11.5 Å². The number of carbonyl (C=O) groups is 1. The first-order valence-electron chi connectivity index (χ1n) is 6.38. The summed E-state index contributed by atoms with van der Waals surface area (Å²) in [5.74, 6) is 1.17. The summed E-state index contributed by atoms with van der Waals surface area (Å²) in [6.07, 6.45) is 0.208. The second-order valence-corrected chi connectivity index (χ2v) is 4.85. The van der Waals surface area contributed by atoms with Crippen molar-refractivity contribution in [2.24, 2.45) is 0 Å². The van der Waals surface area contributed by atoms with Gasteiger partial charge in [0.25, 0.3) is 0 Å². The zero-order chi connectivity index (χ0) is 15.2. The highest BCUT2D eigenvalue weighted by Gasteiger charge is 2.10. The van der Waals surface area contributed by atoms with Crippen molar-refractivity contribution in [2.45, 2.75) is 6.42 Å². The summed E-state index contributed by atoms with van der Waals surface area (Å²) in [4.78, 5) is 12.1. The second-order valence-electron chi connectivity index (χ2n) is 4.41. The lowest BCUT2D eigenvalue weighted by Gasteiger charge is -2.11. The lowest BCUT2D eigenvalue weighted by molar-refractivity contribution is -0.115. The van der Waals surface area contributed by atoms with Crippen LogP contribution in [0.2, 0.25) is 5.02 Å². The molecular weight excluding hydrogens is 290 g/mol. The Morgan fingerprint density at radius 2 is 1.95 bits per heavy atom. The lowest BCUT2D eigenvalue weighted by Crippen LogP contribution is -2.14. The molecule has 0 saturated heterocycles. The van der Waals surface area contributed by atoms with Crippen molar-refractivity contribution in [1.82, 2.24) is 0 Å². The number of halogens is 1. The van der Waals surface area contributed by atoms with Gasteiger partial charge in [-0.05, 0) is 24.3 Å². The Hall–Kier alpha value is -2.20. The van der Waals surface area contributed by atoms with Crippen molar-refractivity contribution in [3.8, 4) is 11.5 Å². The van der Waals surface area contributed by atoms with E-state index in [1.54, 1.807) is 50.6 Å². The van der Waals surface area contributed by atoms with Crippen molar-refractivity contribution in [3.63, 3.8) is 0 Å². The molecule has 1 amide bonds. The molecule has 110 valence electrons. The summed E-state index contributed by atoms with van der Waals surface area (Å²) in [6, 6.07) is 12.4. The largest absolute Gasteiger partial charge is 0.497 e. The first-order valence-corrected chi connectivity index (χ1v) is 6.76. The van der Waals surface area contributed by atoms with Gasteiger partial charge in [0.05, 0.1) is 20.6 Å². The molecule has 0 saturated carbocycles. The van der Waals surface area contributed by atoms with Crippen molar-refractivity contribution in [3.05, 3.63) is 53.1 Å². The van der Waals surface area contributed by atoms with E-state index in [4.69, 9.17) is 21.1 Å². The number of methoxy groups -OCH3 is 2.